The Morgan fingerprint density at radius 1 is 0.926 bits per heavy atom. The van der Waals surface area contributed by atoms with Gasteiger partial charge in [-0.15, -0.1) is 0 Å². The van der Waals surface area contributed by atoms with E-state index in [1.54, 1.807) is 6.92 Å². The number of hydrogen-bond donors (Lipinski definition) is 3. The Morgan fingerprint density at radius 3 is 2.30 bits per heavy atom. The van der Waals surface area contributed by atoms with Gasteiger partial charge in [0.2, 0.25) is 0 Å². The van der Waals surface area contributed by atoms with Crippen molar-refractivity contribution in [1.82, 2.24) is 0 Å². The molecular formula is C40H46O14. The van der Waals surface area contributed by atoms with Crippen LogP contribution in [0.3, 0.4) is 0 Å². The van der Waals surface area contributed by atoms with E-state index in [0.717, 1.165) is 0 Å². The Kier molecular flexibility index (Phi) is 7.62. The first-order chi connectivity index (χ1) is 25.5. The van der Waals surface area contributed by atoms with Crippen LogP contribution in [0.2, 0.25) is 0 Å². The second-order valence-electron chi connectivity index (χ2n) is 17.6. The molecule has 2 heterocycles. The average Bonchev–Trinajstić information content (AvgIpc) is 4.07. The lowest BCUT2D eigenvalue weighted by molar-refractivity contribution is -0.330. The quantitative estimate of drug-likeness (QED) is 0.0928. The smallest absolute Gasteiger partial charge is 0.334 e. The first-order valence-corrected chi connectivity index (χ1v) is 18.9. The highest BCUT2D eigenvalue weighted by Crippen LogP contribution is 2.84. The summed E-state index contributed by atoms with van der Waals surface area (Å²) in [5.74, 6) is -5.25. The van der Waals surface area contributed by atoms with Crippen LogP contribution in [0.15, 0.2) is 45.1 Å². The maximum absolute atomic E-state index is 14.7. The number of rotatable bonds is 2. The van der Waals surface area contributed by atoms with E-state index in [-0.39, 0.29) is 86.9 Å². The first kappa shape index (κ1) is 36.0. The fourth-order valence-electron chi connectivity index (χ4n) is 12.9. The average molecular weight is 751 g/mol. The summed E-state index contributed by atoms with van der Waals surface area (Å²) in [6.45, 7) is 6.30. The summed E-state index contributed by atoms with van der Waals surface area (Å²) in [5, 5.41) is 35.8. The highest BCUT2D eigenvalue weighted by molar-refractivity contribution is 6.12. The number of methoxy groups -OCH3 is 1. The predicted octanol–water partition coefficient (Wildman–Crippen LogP) is 2.46. The normalized spacial score (nSPS) is 48.1. The Balaban J connectivity index is 1.28. The van der Waals surface area contributed by atoms with E-state index < -0.39 is 75.2 Å². The van der Waals surface area contributed by atoms with Crippen molar-refractivity contribution in [1.29, 1.82) is 0 Å². The van der Waals surface area contributed by atoms with Gasteiger partial charge in [0.25, 0.3) is 0 Å². The molecule has 7 aliphatic carbocycles. The second-order valence-corrected chi connectivity index (χ2v) is 17.6. The van der Waals surface area contributed by atoms with Crippen LogP contribution in [-0.2, 0) is 52.5 Å². The molecular weight excluding hydrogens is 704 g/mol. The number of Topliss-reactive ketones (excluding diaryl/α,β-unsaturated/α-hetero) is 1. The summed E-state index contributed by atoms with van der Waals surface area (Å²) in [4.78, 5) is 72.3. The van der Waals surface area contributed by atoms with Crippen LogP contribution in [0.1, 0.15) is 66.2 Å². The molecule has 0 amide bonds. The van der Waals surface area contributed by atoms with Gasteiger partial charge in [-0.25, -0.2) is 14.5 Å². The van der Waals surface area contributed by atoms with Crippen LogP contribution in [-0.4, -0.2) is 102 Å². The molecule has 0 aromatic heterocycles. The van der Waals surface area contributed by atoms with Gasteiger partial charge in [-0.2, -0.15) is 0 Å². The Bertz CT molecular complexity index is 1960. The highest BCUT2D eigenvalue weighted by Gasteiger charge is 2.86. The van der Waals surface area contributed by atoms with E-state index >= 15 is 0 Å². The van der Waals surface area contributed by atoms with Crippen LogP contribution < -0.4 is 0 Å². The molecule has 0 saturated heterocycles. The van der Waals surface area contributed by atoms with Crippen molar-refractivity contribution in [3.8, 4) is 0 Å². The van der Waals surface area contributed by atoms with E-state index in [2.05, 4.69) is 6.92 Å². The molecule has 14 nitrogen and oxygen atoms in total. The molecule has 3 N–H and O–H groups in total. The largest absolute Gasteiger partial charge is 0.466 e. The van der Waals surface area contributed by atoms with Crippen molar-refractivity contribution in [3.05, 3.63) is 45.1 Å². The molecule has 0 radical (unpaired) electrons. The van der Waals surface area contributed by atoms with Crippen LogP contribution in [0.5, 0.6) is 0 Å². The summed E-state index contributed by atoms with van der Waals surface area (Å²) in [6, 6.07) is 0. The van der Waals surface area contributed by atoms with E-state index in [0.29, 0.717) is 40.7 Å². The van der Waals surface area contributed by atoms with Gasteiger partial charge in [0, 0.05) is 40.0 Å². The zero-order valence-corrected chi connectivity index (χ0v) is 31.0. The Morgan fingerprint density at radius 2 is 1.61 bits per heavy atom. The molecule has 54 heavy (non-hydrogen) atoms. The van der Waals surface area contributed by atoms with Gasteiger partial charge >= 0.3 is 23.9 Å². The van der Waals surface area contributed by atoms with Gasteiger partial charge in [0.05, 0.1) is 26.6 Å². The highest BCUT2D eigenvalue weighted by atomic mass is 17.1. The summed E-state index contributed by atoms with van der Waals surface area (Å²) < 4.78 is 29.0. The van der Waals surface area contributed by atoms with Crippen LogP contribution in [0.4, 0.5) is 0 Å². The molecule has 5 fully saturated rings. The fraction of sp³-hybridized carbons (Fsp3) is 0.675. The van der Waals surface area contributed by atoms with E-state index in [4.69, 9.17) is 28.6 Å². The number of carbonyl (C=O) groups is 5. The molecule has 5 saturated carbocycles. The second kappa shape index (κ2) is 11.4. The van der Waals surface area contributed by atoms with Gasteiger partial charge in [0.1, 0.15) is 42.7 Å². The Hall–Kier alpha value is -3.69. The molecule has 0 aromatic carbocycles. The lowest BCUT2D eigenvalue weighted by atomic mass is 9.43. The lowest BCUT2D eigenvalue weighted by Crippen LogP contribution is -2.67. The molecule has 0 aromatic rings. The molecule has 9 aliphatic rings. The number of ether oxygens (including phenoxy) is 5. The van der Waals surface area contributed by atoms with Crippen LogP contribution in [0, 0.1) is 46.3 Å². The van der Waals surface area contributed by atoms with Crippen LogP contribution in [0.25, 0.3) is 0 Å². The van der Waals surface area contributed by atoms with Crippen molar-refractivity contribution < 1.29 is 68.0 Å². The fourth-order valence-corrected chi connectivity index (χ4v) is 12.9. The number of cyclic esters (lactones) is 3. The summed E-state index contributed by atoms with van der Waals surface area (Å²) >= 11 is 0. The number of carbonyl (C=O) groups excluding carboxylic acids is 5. The molecule has 2 bridgehead atoms. The maximum atomic E-state index is 14.7. The summed E-state index contributed by atoms with van der Waals surface area (Å²) in [7, 11) is 1.21. The Labute approximate surface area is 311 Å². The van der Waals surface area contributed by atoms with Gasteiger partial charge < -0.3 is 33.9 Å². The number of aliphatic hydroxyl groups is 2. The zero-order valence-electron chi connectivity index (χ0n) is 31.0. The first-order valence-electron chi connectivity index (χ1n) is 18.9. The summed E-state index contributed by atoms with van der Waals surface area (Å²) in [6.07, 6.45) is 0.852. The van der Waals surface area contributed by atoms with Crippen LogP contribution >= 0.6 is 0 Å². The van der Waals surface area contributed by atoms with Gasteiger partial charge in [-0.05, 0) is 90.9 Å². The van der Waals surface area contributed by atoms with Crippen molar-refractivity contribution in [2.75, 3.05) is 33.5 Å². The van der Waals surface area contributed by atoms with E-state index in [1.165, 1.54) is 20.1 Å². The third-order valence-corrected chi connectivity index (χ3v) is 15.4. The standard InChI is InChI=1S/C40H46O14/c1-17-8-29(43)52-16-38(47)23-9-21(23)36(3)25(38)11-20-19(14-51-28(42)7-6-27(41)50-13-17)15-53-40(20)26(36)12-39(54-48)24-10-22(24)37(4)33(39)31(40)30(32(44)34(37)45)18(2)35(46)49-5/h8,21-26,34,45,47-48H,6-7,9-16H2,1-5H3/b17-8+,30-18-/t21-,22-,23+,24+,25-,26?,34+,36+,37+,38+,39+,40+/m1/s1. The number of fused-ring (bicyclic) bond motifs is 7. The topological polar surface area (TPSA) is 201 Å². The molecule has 2 aliphatic heterocycles. The lowest BCUT2D eigenvalue weighted by Gasteiger charge is -2.64. The van der Waals surface area contributed by atoms with Crippen molar-refractivity contribution in [3.63, 3.8) is 0 Å². The van der Waals surface area contributed by atoms with Gasteiger partial charge in [-0.3, -0.25) is 19.6 Å². The predicted molar refractivity (Wildman–Crippen MR) is 181 cm³/mol. The minimum atomic E-state index is -1.54. The molecule has 1 unspecified atom stereocenters. The third-order valence-electron chi connectivity index (χ3n) is 15.4. The molecule has 12 atom stereocenters. The molecule has 1 spiro atoms. The molecule has 9 rings (SSSR count). The van der Waals surface area contributed by atoms with Gasteiger partial charge in [-0.1, -0.05) is 13.8 Å². The number of esters is 4. The van der Waals surface area contributed by atoms with Crippen molar-refractivity contribution in [2.24, 2.45) is 46.3 Å². The maximum Gasteiger partial charge on any atom is 0.334 e. The van der Waals surface area contributed by atoms with Gasteiger partial charge in [0.15, 0.2) is 5.78 Å². The molecule has 290 valence electrons. The van der Waals surface area contributed by atoms with Crippen molar-refractivity contribution >= 4 is 29.7 Å². The van der Waals surface area contributed by atoms with E-state index in [9.17, 15) is 39.4 Å². The minimum absolute atomic E-state index is 0.0236. The monoisotopic (exact) mass is 750 g/mol. The zero-order chi connectivity index (χ0) is 38.5. The number of aliphatic hydroxyl groups excluding tert-OH is 1. The number of hydrogen-bond acceptors (Lipinski definition) is 14. The SMILES string of the molecule is COC(=O)/C(C)=C1\C(=O)[C@H](O)[C@]2(C)C3=C1[C@]14OCC5=C1C[C@H]1[C@](O)(COC(=O)/C=C(\C)COC(=O)CCC(=O)OC5)[C@H]5C[C@H]5[C@]1(C)C4C[C@]3(OO)[C@H]1C[C@H]12. The molecule has 14 heteroatoms. The third kappa shape index (κ3) is 4.26. The summed E-state index contributed by atoms with van der Waals surface area (Å²) in [5.41, 5.74) is -3.61. The number of ketones is 1. The van der Waals surface area contributed by atoms with E-state index in [1.807, 2.05) is 6.92 Å². The van der Waals surface area contributed by atoms with Crippen molar-refractivity contribution in [2.45, 2.75) is 89.1 Å². The minimum Gasteiger partial charge on any atom is -0.466 e.